The van der Waals surface area contributed by atoms with Crippen molar-refractivity contribution in [3.8, 4) is 0 Å². The molecule has 0 bridgehead atoms. The van der Waals surface area contributed by atoms with Gasteiger partial charge in [0.25, 0.3) is 0 Å². The summed E-state index contributed by atoms with van der Waals surface area (Å²) in [5.41, 5.74) is 0. The van der Waals surface area contributed by atoms with Crippen LogP contribution in [0.25, 0.3) is 0 Å². The van der Waals surface area contributed by atoms with Gasteiger partial charge in [0, 0.05) is 0 Å². The van der Waals surface area contributed by atoms with Crippen LogP contribution in [0.5, 0.6) is 0 Å². The van der Waals surface area contributed by atoms with Crippen LogP contribution in [0.3, 0.4) is 0 Å². The topological polar surface area (TPSA) is 0 Å². The van der Waals surface area contributed by atoms with Crippen LogP contribution in [0, 0.1) is 0 Å². The third kappa shape index (κ3) is 2.30. The van der Waals surface area contributed by atoms with E-state index in [0.717, 1.165) is 14.0 Å². The van der Waals surface area contributed by atoms with E-state index in [2.05, 4.69) is 31.9 Å². The number of hydrogen-bond acceptors (Lipinski definition) is 0. The Hall–Kier alpha value is 0.509. The van der Waals surface area contributed by atoms with Crippen LogP contribution >= 0.6 is 27.5 Å². The quantitative estimate of drug-likeness (QED) is 0.631. The maximum absolute atomic E-state index is 5.70. The minimum absolute atomic E-state index is 0.748. The molecule has 0 amide bonds. The zero-order valence-corrected chi connectivity index (χ0v) is 8.45. The van der Waals surface area contributed by atoms with Crippen molar-refractivity contribution in [2.24, 2.45) is 0 Å². The standard InChI is InChI=1S/C6H3BrClSe/c7-4-1-5(8)3-6(9)2-4/h1-3H. The van der Waals surface area contributed by atoms with Crippen LogP contribution in [0.1, 0.15) is 0 Å². The summed E-state index contributed by atoms with van der Waals surface area (Å²) in [6, 6.07) is 5.68. The van der Waals surface area contributed by atoms with E-state index in [1.807, 2.05) is 18.2 Å². The molecule has 1 rings (SSSR count). The summed E-state index contributed by atoms with van der Waals surface area (Å²) >= 11 is 11.9. The van der Waals surface area contributed by atoms with Crippen molar-refractivity contribution in [2.45, 2.75) is 0 Å². The number of halogens is 2. The molecule has 0 aliphatic carbocycles. The van der Waals surface area contributed by atoms with E-state index in [1.165, 1.54) is 0 Å². The molecule has 0 atom stereocenters. The van der Waals surface area contributed by atoms with Crippen molar-refractivity contribution >= 4 is 48.0 Å². The fourth-order valence-electron chi connectivity index (χ4n) is 0.529. The van der Waals surface area contributed by atoms with Gasteiger partial charge in [-0.2, -0.15) is 0 Å². The van der Waals surface area contributed by atoms with Gasteiger partial charge in [-0.05, 0) is 0 Å². The predicted molar refractivity (Wildman–Crippen MR) is 44.5 cm³/mol. The maximum atomic E-state index is 5.70. The Morgan fingerprint density at radius 3 is 2.44 bits per heavy atom. The molecule has 0 aliphatic heterocycles. The van der Waals surface area contributed by atoms with Gasteiger partial charge in [0.15, 0.2) is 0 Å². The fraction of sp³-hybridized carbons (Fsp3) is 0. The van der Waals surface area contributed by atoms with Gasteiger partial charge in [-0.1, -0.05) is 0 Å². The fourth-order valence-corrected chi connectivity index (χ4v) is 2.41. The predicted octanol–water partition coefficient (Wildman–Crippen LogP) is 1.90. The second-order valence-corrected chi connectivity index (χ2v) is 3.95. The Labute approximate surface area is 75.5 Å². The molecule has 0 heterocycles. The molecule has 0 saturated heterocycles. The van der Waals surface area contributed by atoms with E-state index in [4.69, 9.17) is 11.6 Å². The van der Waals surface area contributed by atoms with Crippen LogP contribution in [0.4, 0.5) is 0 Å². The summed E-state index contributed by atoms with van der Waals surface area (Å²) in [5, 5.41) is 0.748. The zero-order valence-electron chi connectivity index (χ0n) is 4.40. The first kappa shape index (κ1) is 7.61. The number of benzene rings is 1. The SMILES string of the molecule is Clc1cc([Se])cc(Br)c1. The van der Waals surface area contributed by atoms with Crippen molar-refractivity contribution in [1.29, 1.82) is 0 Å². The van der Waals surface area contributed by atoms with Crippen molar-refractivity contribution in [2.75, 3.05) is 0 Å². The summed E-state index contributed by atoms with van der Waals surface area (Å²) in [6.45, 7) is 0. The van der Waals surface area contributed by atoms with Crippen molar-refractivity contribution in [1.82, 2.24) is 0 Å². The number of rotatable bonds is 0. The molecule has 1 radical (unpaired) electrons. The molecule has 0 fully saturated rings. The summed E-state index contributed by atoms with van der Waals surface area (Å²) in [7, 11) is 0. The molecule has 0 saturated carbocycles. The first-order chi connectivity index (χ1) is 4.18. The summed E-state index contributed by atoms with van der Waals surface area (Å²) in [4.78, 5) is 0. The third-order valence-electron chi connectivity index (χ3n) is 0.836. The zero-order chi connectivity index (χ0) is 6.85. The van der Waals surface area contributed by atoms with Gasteiger partial charge < -0.3 is 0 Å². The molecular weight excluding hydrogens is 266 g/mol. The van der Waals surface area contributed by atoms with Crippen LogP contribution < -0.4 is 4.46 Å². The van der Waals surface area contributed by atoms with Crippen LogP contribution in [-0.2, 0) is 0 Å². The van der Waals surface area contributed by atoms with Crippen molar-refractivity contribution in [3.05, 3.63) is 27.7 Å². The Morgan fingerprint density at radius 1 is 1.33 bits per heavy atom. The van der Waals surface area contributed by atoms with E-state index in [1.54, 1.807) is 0 Å². The first-order valence-electron chi connectivity index (χ1n) is 2.31. The minimum atomic E-state index is 0.748. The van der Waals surface area contributed by atoms with Gasteiger partial charge >= 0.3 is 75.7 Å². The molecule has 3 heteroatoms. The third-order valence-corrected chi connectivity index (χ3v) is 2.01. The van der Waals surface area contributed by atoms with Crippen LogP contribution in [-0.4, -0.2) is 16.0 Å². The molecule has 0 aliphatic rings. The first-order valence-corrected chi connectivity index (χ1v) is 4.34. The Balaban J connectivity index is 3.17. The molecule has 1 aromatic rings. The van der Waals surface area contributed by atoms with Crippen LogP contribution in [0.2, 0.25) is 5.02 Å². The summed E-state index contributed by atoms with van der Waals surface area (Å²) < 4.78 is 2.05. The summed E-state index contributed by atoms with van der Waals surface area (Å²) in [5.74, 6) is 0. The van der Waals surface area contributed by atoms with Gasteiger partial charge in [-0.25, -0.2) is 0 Å². The van der Waals surface area contributed by atoms with Gasteiger partial charge in [0.1, 0.15) is 0 Å². The van der Waals surface area contributed by atoms with Crippen molar-refractivity contribution < 1.29 is 0 Å². The molecule has 0 nitrogen and oxygen atoms in total. The Bertz CT molecular complexity index is 174. The second-order valence-electron chi connectivity index (χ2n) is 1.61. The van der Waals surface area contributed by atoms with Gasteiger partial charge in [-0.3, -0.25) is 0 Å². The van der Waals surface area contributed by atoms with Gasteiger partial charge in [0.2, 0.25) is 0 Å². The molecule has 1 aromatic carbocycles. The average molecular weight is 269 g/mol. The van der Waals surface area contributed by atoms with Gasteiger partial charge in [-0.15, -0.1) is 0 Å². The van der Waals surface area contributed by atoms with E-state index in [9.17, 15) is 0 Å². The molecule has 0 unspecified atom stereocenters. The number of hydrogen-bond donors (Lipinski definition) is 0. The monoisotopic (exact) mass is 269 g/mol. The molecule has 0 spiro atoms. The Morgan fingerprint density at radius 2 is 2.00 bits per heavy atom. The Kier molecular flexibility index (Phi) is 2.59. The molecular formula is C6H3BrClSe. The normalized spacial score (nSPS) is 9.56. The average Bonchev–Trinajstić information content (AvgIpc) is 1.59. The van der Waals surface area contributed by atoms with Gasteiger partial charge in [0.05, 0.1) is 0 Å². The van der Waals surface area contributed by atoms with E-state index < -0.39 is 0 Å². The molecule has 0 aromatic heterocycles. The van der Waals surface area contributed by atoms with E-state index >= 15 is 0 Å². The molecule has 0 N–H and O–H groups in total. The van der Waals surface area contributed by atoms with E-state index in [0.29, 0.717) is 0 Å². The van der Waals surface area contributed by atoms with Crippen molar-refractivity contribution in [3.63, 3.8) is 0 Å². The second kappa shape index (κ2) is 3.07. The molecule has 47 valence electrons. The van der Waals surface area contributed by atoms with Crippen LogP contribution in [0.15, 0.2) is 22.7 Å². The summed E-state index contributed by atoms with van der Waals surface area (Å²) in [6.07, 6.45) is 0. The molecule has 9 heavy (non-hydrogen) atoms. The van der Waals surface area contributed by atoms with E-state index in [-0.39, 0.29) is 0 Å².